The molecule has 0 aliphatic carbocycles. The molecule has 0 radical (unpaired) electrons. The molecular formula is C16H18O4. The van der Waals surface area contributed by atoms with Gasteiger partial charge in [0.15, 0.2) is 11.5 Å². The van der Waals surface area contributed by atoms with Gasteiger partial charge in [0.05, 0.1) is 21.3 Å². The number of rotatable bonds is 4. The van der Waals surface area contributed by atoms with E-state index in [1.807, 2.05) is 25.1 Å². The maximum Gasteiger partial charge on any atom is 0.165 e. The molecule has 2 aromatic carbocycles. The van der Waals surface area contributed by atoms with Crippen LogP contribution in [0.4, 0.5) is 0 Å². The lowest BCUT2D eigenvalue weighted by atomic mass is 10.0. The van der Waals surface area contributed by atoms with E-state index in [0.29, 0.717) is 22.8 Å². The van der Waals surface area contributed by atoms with E-state index in [9.17, 15) is 5.11 Å². The predicted molar refractivity (Wildman–Crippen MR) is 77.9 cm³/mol. The number of methoxy groups -OCH3 is 3. The van der Waals surface area contributed by atoms with Crippen molar-refractivity contribution in [3.05, 3.63) is 35.9 Å². The number of ether oxygens (including phenoxy) is 3. The zero-order valence-electron chi connectivity index (χ0n) is 12.1. The summed E-state index contributed by atoms with van der Waals surface area (Å²) in [5.41, 5.74) is 2.45. The van der Waals surface area contributed by atoms with Crippen LogP contribution in [0, 0.1) is 6.92 Å². The van der Waals surface area contributed by atoms with E-state index < -0.39 is 0 Å². The highest BCUT2D eigenvalue weighted by molar-refractivity contribution is 5.79. The van der Waals surface area contributed by atoms with Crippen molar-refractivity contribution in [3.8, 4) is 34.1 Å². The molecule has 0 atom stereocenters. The minimum Gasteiger partial charge on any atom is -0.504 e. The van der Waals surface area contributed by atoms with Gasteiger partial charge in [-0.2, -0.15) is 0 Å². The van der Waals surface area contributed by atoms with Crippen molar-refractivity contribution in [2.45, 2.75) is 6.92 Å². The van der Waals surface area contributed by atoms with Gasteiger partial charge in [0.1, 0.15) is 11.5 Å². The standard InChI is InChI=1S/C16H18O4/c1-10-7-13(16(17)15(8-10)20-4)12-6-5-11(18-2)9-14(12)19-3/h5-9,17H,1-4H3. The van der Waals surface area contributed by atoms with Crippen LogP contribution in [0.15, 0.2) is 30.3 Å². The minimum absolute atomic E-state index is 0.0987. The molecule has 0 aromatic heterocycles. The molecule has 0 spiro atoms. The van der Waals surface area contributed by atoms with Crippen molar-refractivity contribution in [3.63, 3.8) is 0 Å². The van der Waals surface area contributed by atoms with Crippen LogP contribution in [0.1, 0.15) is 5.56 Å². The van der Waals surface area contributed by atoms with E-state index in [4.69, 9.17) is 14.2 Å². The van der Waals surface area contributed by atoms with Crippen LogP contribution in [0.3, 0.4) is 0 Å². The largest absolute Gasteiger partial charge is 0.504 e. The Bertz CT molecular complexity index is 620. The van der Waals surface area contributed by atoms with E-state index in [2.05, 4.69) is 0 Å². The summed E-state index contributed by atoms with van der Waals surface area (Å²) in [6.07, 6.45) is 0. The molecule has 2 rings (SSSR count). The first-order chi connectivity index (χ1) is 9.60. The Hall–Kier alpha value is -2.36. The highest BCUT2D eigenvalue weighted by Crippen LogP contribution is 2.42. The van der Waals surface area contributed by atoms with Gasteiger partial charge in [-0.3, -0.25) is 0 Å². The van der Waals surface area contributed by atoms with Crippen LogP contribution >= 0.6 is 0 Å². The van der Waals surface area contributed by atoms with Crippen molar-refractivity contribution >= 4 is 0 Å². The highest BCUT2D eigenvalue weighted by Gasteiger charge is 2.15. The molecule has 0 fully saturated rings. The van der Waals surface area contributed by atoms with E-state index >= 15 is 0 Å². The molecule has 20 heavy (non-hydrogen) atoms. The van der Waals surface area contributed by atoms with E-state index in [1.165, 1.54) is 7.11 Å². The molecule has 2 aromatic rings. The van der Waals surface area contributed by atoms with Gasteiger partial charge in [-0.1, -0.05) is 0 Å². The number of aromatic hydroxyl groups is 1. The molecule has 4 nitrogen and oxygen atoms in total. The summed E-state index contributed by atoms with van der Waals surface area (Å²) in [6, 6.07) is 9.14. The minimum atomic E-state index is 0.0987. The number of phenols is 1. The van der Waals surface area contributed by atoms with Crippen LogP contribution in [0.25, 0.3) is 11.1 Å². The quantitative estimate of drug-likeness (QED) is 0.928. The SMILES string of the molecule is COc1ccc(-c2cc(C)cc(OC)c2O)c(OC)c1. The van der Waals surface area contributed by atoms with Gasteiger partial charge in [0.25, 0.3) is 0 Å². The monoisotopic (exact) mass is 274 g/mol. The molecule has 0 heterocycles. The number of hydrogen-bond donors (Lipinski definition) is 1. The van der Waals surface area contributed by atoms with Gasteiger partial charge in [-0.15, -0.1) is 0 Å². The summed E-state index contributed by atoms with van der Waals surface area (Å²) in [5, 5.41) is 10.3. The van der Waals surface area contributed by atoms with Gasteiger partial charge in [0, 0.05) is 17.2 Å². The summed E-state index contributed by atoms with van der Waals surface area (Å²) in [7, 11) is 4.72. The molecule has 1 N–H and O–H groups in total. The third-order valence-corrected chi connectivity index (χ3v) is 3.14. The predicted octanol–water partition coefficient (Wildman–Crippen LogP) is 3.39. The first kappa shape index (κ1) is 14.1. The fraction of sp³-hybridized carbons (Fsp3) is 0.250. The zero-order chi connectivity index (χ0) is 14.7. The summed E-state index contributed by atoms with van der Waals surface area (Å²) in [6.45, 7) is 1.95. The number of aryl methyl sites for hydroxylation is 1. The molecule has 0 aliphatic heterocycles. The van der Waals surface area contributed by atoms with Crippen molar-refractivity contribution in [2.75, 3.05) is 21.3 Å². The summed E-state index contributed by atoms with van der Waals surface area (Å²) in [5.74, 6) is 1.87. The van der Waals surface area contributed by atoms with Crippen LogP contribution in [0.5, 0.6) is 23.0 Å². The molecular weight excluding hydrogens is 256 g/mol. The number of hydrogen-bond acceptors (Lipinski definition) is 4. The van der Waals surface area contributed by atoms with Crippen LogP contribution in [0.2, 0.25) is 0 Å². The Balaban J connectivity index is 2.64. The molecule has 106 valence electrons. The zero-order valence-corrected chi connectivity index (χ0v) is 12.1. The van der Waals surface area contributed by atoms with E-state index in [1.54, 1.807) is 26.4 Å². The molecule has 0 unspecified atom stereocenters. The van der Waals surface area contributed by atoms with Crippen molar-refractivity contribution in [2.24, 2.45) is 0 Å². The number of phenolic OH excluding ortho intramolecular Hbond substituents is 1. The molecule has 0 saturated heterocycles. The summed E-state index contributed by atoms with van der Waals surface area (Å²) < 4.78 is 15.7. The molecule has 0 amide bonds. The van der Waals surface area contributed by atoms with Crippen LogP contribution in [-0.2, 0) is 0 Å². The van der Waals surface area contributed by atoms with E-state index in [-0.39, 0.29) is 5.75 Å². The Kier molecular flexibility index (Phi) is 4.03. The summed E-state index contributed by atoms with van der Waals surface area (Å²) >= 11 is 0. The second kappa shape index (κ2) is 5.74. The average Bonchev–Trinajstić information content (AvgIpc) is 2.48. The normalized spacial score (nSPS) is 10.2. The average molecular weight is 274 g/mol. The third-order valence-electron chi connectivity index (χ3n) is 3.14. The van der Waals surface area contributed by atoms with Crippen molar-refractivity contribution < 1.29 is 19.3 Å². The highest BCUT2D eigenvalue weighted by atomic mass is 16.5. The van der Waals surface area contributed by atoms with Gasteiger partial charge < -0.3 is 19.3 Å². The van der Waals surface area contributed by atoms with Gasteiger partial charge in [0.2, 0.25) is 0 Å². The molecule has 0 saturated carbocycles. The number of benzene rings is 2. The van der Waals surface area contributed by atoms with Crippen molar-refractivity contribution in [1.82, 2.24) is 0 Å². The van der Waals surface area contributed by atoms with Crippen LogP contribution < -0.4 is 14.2 Å². The molecule has 0 aliphatic rings. The van der Waals surface area contributed by atoms with Gasteiger partial charge in [-0.25, -0.2) is 0 Å². The van der Waals surface area contributed by atoms with Crippen molar-refractivity contribution in [1.29, 1.82) is 0 Å². The van der Waals surface area contributed by atoms with Gasteiger partial charge in [-0.05, 0) is 36.8 Å². The topological polar surface area (TPSA) is 47.9 Å². The second-order valence-corrected chi connectivity index (χ2v) is 4.43. The van der Waals surface area contributed by atoms with E-state index in [0.717, 1.165) is 11.1 Å². The molecule has 4 heteroatoms. The second-order valence-electron chi connectivity index (χ2n) is 4.43. The Labute approximate surface area is 118 Å². The molecule has 0 bridgehead atoms. The van der Waals surface area contributed by atoms with Crippen LogP contribution in [-0.4, -0.2) is 26.4 Å². The lowest BCUT2D eigenvalue weighted by Crippen LogP contribution is -1.93. The lowest BCUT2D eigenvalue weighted by molar-refractivity contribution is 0.373. The third kappa shape index (κ3) is 2.50. The Morgan fingerprint density at radius 1 is 0.800 bits per heavy atom. The lowest BCUT2D eigenvalue weighted by Gasteiger charge is -2.14. The first-order valence-electron chi connectivity index (χ1n) is 6.20. The first-order valence-corrected chi connectivity index (χ1v) is 6.20. The fourth-order valence-corrected chi connectivity index (χ4v) is 2.13. The fourth-order valence-electron chi connectivity index (χ4n) is 2.13. The Morgan fingerprint density at radius 2 is 1.50 bits per heavy atom. The summed E-state index contributed by atoms with van der Waals surface area (Å²) in [4.78, 5) is 0. The maximum absolute atomic E-state index is 10.3. The maximum atomic E-state index is 10.3. The van der Waals surface area contributed by atoms with Gasteiger partial charge >= 0.3 is 0 Å². The Morgan fingerprint density at radius 3 is 2.10 bits per heavy atom. The smallest absolute Gasteiger partial charge is 0.165 e.